The predicted octanol–water partition coefficient (Wildman–Crippen LogP) is 5.91. The Labute approximate surface area is 219 Å². The van der Waals surface area contributed by atoms with E-state index in [0.717, 1.165) is 21.0 Å². The highest BCUT2D eigenvalue weighted by Crippen LogP contribution is 2.44. The molecule has 0 aliphatic carbocycles. The summed E-state index contributed by atoms with van der Waals surface area (Å²) in [5.74, 6) is 0.341. The van der Waals surface area contributed by atoms with Crippen molar-refractivity contribution in [1.29, 1.82) is 0 Å². The number of aromatic nitrogens is 3. The van der Waals surface area contributed by atoms with Crippen LogP contribution in [0.4, 0.5) is 23.4 Å². The second kappa shape index (κ2) is 12.2. The molecule has 0 spiro atoms. The molecule has 0 atom stereocenters. The van der Waals surface area contributed by atoms with Crippen LogP contribution in [0.1, 0.15) is 31.9 Å². The van der Waals surface area contributed by atoms with E-state index < -0.39 is 11.8 Å². The standard InChI is InChI=1S/C23H26F4N4OS2.CO2/c1-4-12-32-22(23(25,26)27)8-10-30(11-9-22)19-20(33-3)34-21(28-19)31-14-18(15(2)29-31)16-6-5-7-17(24)13-16;2-1-3/h5-7,13-14H,4,8-12H2,1-3H3;. The van der Waals surface area contributed by atoms with Gasteiger partial charge >= 0.3 is 12.3 Å². The lowest BCUT2D eigenvalue weighted by Gasteiger charge is -2.42. The van der Waals surface area contributed by atoms with Gasteiger partial charge in [-0.15, -0.1) is 11.8 Å². The maximum absolute atomic E-state index is 13.8. The number of halogens is 4. The van der Waals surface area contributed by atoms with Gasteiger partial charge in [0.05, 0.1) is 5.69 Å². The monoisotopic (exact) mass is 558 g/mol. The second-order valence-electron chi connectivity index (χ2n) is 8.31. The second-order valence-corrected chi connectivity index (χ2v) is 10.4. The first-order valence-corrected chi connectivity index (χ1v) is 13.5. The van der Waals surface area contributed by atoms with Gasteiger partial charge < -0.3 is 9.64 Å². The van der Waals surface area contributed by atoms with Gasteiger partial charge in [-0.1, -0.05) is 30.4 Å². The summed E-state index contributed by atoms with van der Waals surface area (Å²) in [5.41, 5.74) is 0.144. The Bertz CT molecular complexity index is 1230. The van der Waals surface area contributed by atoms with E-state index in [1.54, 1.807) is 23.9 Å². The summed E-state index contributed by atoms with van der Waals surface area (Å²) in [5, 5.41) is 5.17. The summed E-state index contributed by atoms with van der Waals surface area (Å²) in [7, 11) is 0. The zero-order valence-corrected chi connectivity index (χ0v) is 22.1. The average Bonchev–Trinajstić information content (AvgIpc) is 3.46. The molecule has 13 heteroatoms. The first-order valence-electron chi connectivity index (χ1n) is 11.4. The van der Waals surface area contributed by atoms with Crippen LogP contribution < -0.4 is 4.90 Å². The Morgan fingerprint density at radius 2 is 1.92 bits per heavy atom. The van der Waals surface area contributed by atoms with Crippen molar-refractivity contribution in [3.63, 3.8) is 0 Å². The molecule has 0 bridgehead atoms. The summed E-state index contributed by atoms with van der Waals surface area (Å²) in [4.78, 5) is 22.9. The maximum Gasteiger partial charge on any atom is 0.417 e. The molecule has 0 amide bonds. The molecule has 37 heavy (non-hydrogen) atoms. The number of alkyl halides is 3. The van der Waals surface area contributed by atoms with Crippen molar-refractivity contribution < 1.29 is 31.9 Å². The normalized spacial score (nSPS) is 15.2. The van der Waals surface area contributed by atoms with Gasteiger partial charge in [-0.05, 0) is 37.3 Å². The Morgan fingerprint density at radius 1 is 1.24 bits per heavy atom. The summed E-state index contributed by atoms with van der Waals surface area (Å²) in [6.45, 7) is 4.14. The zero-order chi connectivity index (χ0) is 27.2. The number of rotatable bonds is 7. The van der Waals surface area contributed by atoms with Crippen molar-refractivity contribution >= 4 is 35.1 Å². The third kappa shape index (κ3) is 6.40. The van der Waals surface area contributed by atoms with Crippen LogP contribution in [-0.4, -0.2) is 58.6 Å². The summed E-state index contributed by atoms with van der Waals surface area (Å²) >= 11 is 2.93. The Morgan fingerprint density at radius 3 is 2.49 bits per heavy atom. The highest BCUT2D eigenvalue weighted by molar-refractivity contribution is 8.00. The first-order chi connectivity index (χ1) is 17.6. The molecule has 0 saturated carbocycles. The molecule has 4 rings (SSSR count). The molecule has 0 N–H and O–H groups in total. The highest BCUT2D eigenvalue weighted by atomic mass is 32.2. The molecular weight excluding hydrogens is 532 g/mol. The van der Waals surface area contributed by atoms with Crippen LogP contribution in [0.5, 0.6) is 0 Å². The van der Waals surface area contributed by atoms with E-state index in [4.69, 9.17) is 19.3 Å². The molecule has 0 unspecified atom stereocenters. The molecule has 7 nitrogen and oxygen atoms in total. The van der Waals surface area contributed by atoms with Crippen molar-refractivity contribution in [3.8, 4) is 16.3 Å². The minimum absolute atomic E-state index is 0.0860. The van der Waals surface area contributed by atoms with E-state index in [-0.39, 0.29) is 44.5 Å². The van der Waals surface area contributed by atoms with Gasteiger partial charge in [0.25, 0.3) is 0 Å². The molecule has 1 aliphatic rings. The van der Waals surface area contributed by atoms with Crippen LogP contribution in [0.15, 0.2) is 34.7 Å². The average molecular weight is 559 g/mol. The molecule has 3 heterocycles. The molecule has 1 saturated heterocycles. The third-order valence-corrected chi connectivity index (χ3v) is 8.09. The van der Waals surface area contributed by atoms with Gasteiger partial charge in [0.15, 0.2) is 11.4 Å². The lowest BCUT2D eigenvalue weighted by Crippen LogP contribution is -2.55. The number of piperidine rings is 1. The lowest BCUT2D eigenvalue weighted by molar-refractivity contribution is -0.284. The van der Waals surface area contributed by atoms with E-state index in [1.165, 1.54) is 35.2 Å². The Kier molecular flexibility index (Phi) is 9.51. The molecule has 1 fully saturated rings. The van der Waals surface area contributed by atoms with Crippen LogP contribution in [0.2, 0.25) is 0 Å². The van der Waals surface area contributed by atoms with Crippen molar-refractivity contribution in [2.45, 2.75) is 49.1 Å². The minimum atomic E-state index is -4.41. The van der Waals surface area contributed by atoms with E-state index in [1.807, 2.05) is 24.1 Å². The van der Waals surface area contributed by atoms with Gasteiger partial charge in [-0.3, -0.25) is 0 Å². The van der Waals surface area contributed by atoms with Gasteiger partial charge in [-0.2, -0.15) is 32.8 Å². The fraction of sp³-hybridized carbons (Fsp3) is 0.458. The molecule has 1 aromatic carbocycles. The molecule has 3 aromatic rings. The lowest BCUT2D eigenvalue weighted by atomic mass is 9.90. The molecule has 2 aromatic heterocycles. The number of hydrogen-bond acceptors (Lipinski definition) is 8. The topological polar surface area (TPSA) is 77.3 Å². The fourth-order valence-corrected chi connectivity index (χ4v) is 5.77. The van der Waals surface area contributed by atoms with Crippen molar-refractivity contribution in [3.05, 3.63) is 42.0 Å². The smallest absolute Gasteiger partial charge is 0.365 e. The largest absolute Gasteiger partial charge is 0.417 e. The van der Waals surface area contributed by atoms with Crippen LogP contribution in [-0.2, 0) is 14.3 Å². The minimum Gasteiger partial charge on any atom is -0.365 e. The number of nitrogens with zero attached hydrogens (tertiary/aromatic N) is 4. The number of ether oxygens (including phenoxy) is 1. The maximum atomic E-state index is 13.8. The van der Waals surface area contributed by atoms with Crippen LogP contribution in [0.25, 0.3) is 16.3 Å². The van der Waals surface area contributed by atoms with Crippen LogP contribution in [0, 0.1) is 12.7 Å². The fourth-order valence-electron chi connectivity index (χ4n) is 4.10. The first kappa shape index (κ1) is 28.8. The van der Waals surface area contributed by atoms with E-state index in [0.29, 0.717) is 17.4 Å². The molecule has 200 valence electrons. The van der Waals surface area contributed by atoms with Crippen LogP contribution in [0.3, 0.4) is 0 Å². The molecule has 1 aliphatic heterocycles. The zero-order valence-electron chi connectivity index (χ0n) is 20.5. The molecule has 0 radical (unpaired) electrons. The number of thioether (sulfide) groups is 1. The molecular formula is C24H26F4N4O3S2. The number of hydrogen-bond donors (Lipinski definition) is 0. The predicted molar refractivity (Wildman–Crippen MR) is 133 cm³/mol. The highest BCUT2D eigenvalue weighted by Gasteiger charge is 2.57. The van der Waals surface area contributed by atoms with E-state index in [9.17, 15) is 17.6 Å². The SMILES string of the molecule is CCCOC1(C(F)(F)F)CCN(c2nc(-n3cc(-c4cccc(F)c4)c(C)n3)sc2SC)CC1.O=C=O. The Balaban J connectivity index is 0.00000121. The van der Waals surface area contributed by atoms with Crippen LogP contribution >= 0.6 is 23.1 Å². The number of aryl methyl sites for hydroxylation is 1. The van der Waals surface area contributed by atoms with Crippen molar-refractivity contribution in [1.82, 2.24) is 14.8 Å². The summed E-state index contributed by atoms with van der Waals surface area (Å²) < 4.78 is 63.1. The summed E-state index contributed by atoms with van der Waals surface area (Å²) in [6, 6.07) is 6.31. The van der Waals surface area contributed by atoms with Gasteiger partial charge in [-0.25, -0.2) is 9.07 Å². The van der Waals surface area contributed by atoms with Crippen molar-refractivity contribution in [2.75, 3.05) is 30.9 Å². The van der Waals surface area contributed by atoms with E-state index in [2.05, 4.69) is 5.10 Å². The number of carbonyl (C=O) groups excluding carboxylic acids is 2. The number of benzene rings is 1. The third-order valence-electron chi connectivity index (χ3n) is 5.95. The van der Waals surface area contributed by atoms with Gasteiger partial charge in [0.2, 0.25) is 5.13 Å². The quantitative estimate of drug-likeness (QED) is 0.264. The summed E-state index contributed by atoms with van der Waals surface area (Å²) in [6.07, 6.45) is -0.177. The van der Waals surface area contributed by atoms with E-state index >= 15 is 0 Å². The van der Waals surface area contributed by atoms with Crippen molar-refractivity contribution in [2.24, 2.45) is 0 Å². The Hall–Kier alpha value is -2.73. The van der Waals surface area contributed by atoms with Gasteiger partial charge in [0.1, 0.15) is 10.0 Å². The number of anilines is 1. The van der Waals surface area contributed by atoms with Gasteiger partial charge in [0, 0.05) is 44.3 Å². The number of thiazole rings is 1.